The van der Waals surface area contributed by atoms with Gasteiger partial charge in [0, 0.05) is 18.0 Å². The smallest absolute Gasteiger partial charge is 0.652 e. The quantitative estimate of drug-likeness (QED) is 0.436. The molecule has 1 aromatic heterocycles. The van der Waals surface area contributed by atoms with E-state index in [1.54, 1.807) is 4.90 Å². The van der Waals surface area contributed by atoms with Crippen molar-refractivity contribution >= 4 is 28.8 Å². The summed E-state index contributed by atoms with van der Waals surface area (Å²) in [6.45, 7) is 12.8. The summed E-state index contributed by atoms with van der Waals surface area (Å²) in [6, 6.07) is 6.58. The molecular weight excluding hydrogens is 432 g/mol. The third kappa shape index (κ3) is 8.72. The summed E-state index contributed by atoms with van der Waals surface area (Å²) in [5, 5.41) is 22.2. The van der Waals surface area contributed by atoms with Crippen LogP contribution in [0.15, 0.2) is 30.5 Å². The number of allylic oxidation sites excluding steroid dienone is 1. The van der Waals surface area contributed by atoms with Crippen molar-refractivity contribution in [1.29, 1.82) is 0 Å². The molecule has 0 saturated heterocycles. The predicted molar refractivity (Wildman–Crippen MR) is 110 cm³/mol. The Labute approximate surface area is 233 Å². The number of rotatable bonds is 2. The van der Waals surface area contributed by atoms with Crippen molar-refractivity contribution in [3.8, 4) is 0 Å². The molecule has 0 spiro atoms. The molecule has 1 aliphatic heterocycles. The molecule has 1 aromatic carbocycles. The van der Waals surface area contributed by atoms with Crippen LogP contribution in [0.25, 0.3) is 16.6 Å². The van der Waals surface area contributed by atoms with Crippen molar-refractivity contribution in [2.24, 2.45) is 5.92 Å². The van der Waals surface area contributed by atoms with Gasteiger partial charge in [-0.1, -0.05) is 19.1 Å². The second-order valence-corrected chi connectivity index (χ2v) is 8.73. The zero-order chi connectivity index (χ0) is 22.6. The van der Waals surface area contributed by atoms with Crippen molar-refractivity contribution in [2.75, 3.05) is 6.54 Å². The first-order valence-electron chi connectivity index (χ1n) is 9.95. The Hall–Kier alpha value is -1.03. The predicted octanol–water partition coefficient (Wildman–Crippen LogP) is -3.20. The number of amides is 1. The van der Waals surface area contributed by atoms with E-state index in [4.69, 9.17) is 19.7 Å². The van der Waals surface area contributed by atoms with Crippen molar-refractivity contribution in [3.05, 3.63) is 36.0 Å². The molecule has 164 valence electrons. The average Bonchev–Trinajstić information content (AvgIpc) is 3.03. The van der Waals surface area contributed by atoms with Gasteiger partial charge in [0.15, 0.2) is 0 Å². The van der Waals surface area contributed by atoms with Crippen LogP contribution in [-0.2, 0) is 4.74 Å². The normalized spacial score (nSPS) is 15.7. The fourth-order valence-corrected chi connectivity index (χ4v) is 3.30. The van der Waals surface area contributed by atoms with Crippen LogP contribution in [-0.4, -0.2) is 39.1 Å². The number of hydrogen-bond acceptors (Lipinski definition) is 6. The van der Waals surface area contributed by atoms with Crippen LogP contribution < -0.4 is 69.3 Å². The van der Waals surface area contributed by atoms with Gasteiger partial charge in [-0.2, -0.15) is 5.10 Å². The minimum absolute atomic E-state index is 0. The molecule has 10 heteroatoms. The largest absolute Gasteiger partial charge is 1.00 e. The molecule has 2 heterocycles. The van der Waals surface area contributed by atoms with Crippen molar-refractivity contribution < 1.29 is 83.7 Å². The molecule has 0 radical (unpaired) electrons. The number of nitrogens with zero attached hydrogens (tertiary/aromatic N) is 3. The van der Waals surface area contributed by atoms with Crippen LogP contribution in [0.4, 0.5) is 9.59 Å². The Morgan fingerprint density at radius 3 is 2.31 bits per heavy atom. The second-order valence-electron chi connectivity index (χ2n) is 8.73. The van der Waals surface area contributed by atoms with Crippen molar-refractivity contribution in [2.45, 2.75) is 59.6 Å². The number of hydrogen-bond donors (Lipinski definition) is 0. The maximum Gasteiger partial charge on any atom is 1.00 e. The van der Waals surface area contributed by atoms with Gasteiger partial charge in [0.1, 0.15) is 5.60 Å². The Kier molecular flexibility index (Phi) is 12.6. The number of fused-ring (bicyclic) bond motifs is 1. The van der Waals surface area contributed by atoms with E-state index >= 15 is 0 Å². The van der Waals surface area contributed by atoms with E-state index in [0.717, 1.165) is 28.6 Å². The maximum absolute atomic E-state index is 12.7. The summed E-state index contributed by atoms with van der Waals surface area (Å²) in [4.78, 5) is 22.9. The summed E-state index contributed by atoms with van der Waals surface area (Å²) in [7, 11) is 0. The van der Waals surface area contributed by atoms with Gasteiger partial charge in [0.2, 0.25) is 0 Å². The summed E-state index contributed by atoms with van der Waals surface area (Å²) < 4.78 is 7.65. The van der Waals surface area contributed by atoms with Gasteiger partial charge in [0.25, 0.3) is 0 Å². The van der Waals surface area contributed by atoms with Gasteiger partial charge in [-0.15, -0.1) is 0 Å². The Balaban J connectivity index is 0.00000148. The van der Waals surface area contributed by atoms with Crippen LogP contribution in [0.5, 0.6) is 0 Å². The Morgan fingerprint density at radius 2 is 1.78 bits per heavy atom. The van der Waals surface area contributed by atoms with E-state index in [-0.39, 0.29) is 65.2 Å². The maximum atomic E-state index is 12.7. The van der Waals surface area contributed by atoms with Gasteiger partial charge >= 0.3 is 65.2 Å². The number of carbonyl (C=O) groups excluding carboxylic acids is 2. The van der Waals surface area contributed by atoms with E-state index in [1.807, 2.05) is 31.6 Å². The number of benzene rings is 1. The molecule has 0 bridgehead atoms. The zero-order valence-electron chi connectivity index (χ0n) is 20.3. The summed E-state index contributed by atoms with van der Waals surface area (Å²) in [5.41, 5.74) is 2.55. The molecule has 32 heavy (non-hydrogen) atoms. The van der Waals surface area contributed by atoms with Crippen LogP contribution in [0.1, 0.15) is 59.6 Å². The standard InChI is InChI=1S/C21H29N3O2.CH2O3.2Na/c1-14(2)24-19-10-8-16(11-17(19)12-22-24)18-9-7-15(3)13-23(18)20(25)26-21(4,5)6;2-1(3)4;;/h8-12,14-15H,7,13H2,1-6H3;(H2,2,3,4);;/q;;2*+1/p-2/t15-;;;/m0.../s1. The molecule has 2 aromatic rings. The minimum Gasteiger partial charge on any atom is -0.652 e. The van der Waals surface area contributed by atoms with E-state index in [2.05, 4.69) is 50.1 Å². The van der Waals surface area contributed by atoms with E-state index < -0.39 is 11.8 Å². The topological polar surface area (TPSA) is 111 Å². The first kappa shape index (κ1) is 31.0. The van der Waals surface area contributed by atoms with E-state index in [0.29, 0.717) is 18.5 Å². The summed E-state index contributed by atoms with van der Waals surface area (Å²) >= 11 is 0. The van der Waals surface area contributed by atoms with Crippen LogP contribution in [0, 0.1) is 5.92 Å². The van der Waals surface area contributed by atoms with Gasteiger partial charge in [0.05, 0.1) is 17.4 Å². The SMILES string of the molecule is CC(C)n1ncc2cc(C3=CC[C@H](C)CN3C(=O)OC(C)(C)C)ccc21.O=C([O-])[O-].[Na+].[Na+]. The monoisotopic (exact) mass is 461 g/mol. The van der Waals surface area contributed by atoms with Crippen molar-refractivity contribution in [1.82, 2.24) is 14.7 Å². The molecule has 0 fully saturated rings. The molecule has 8 nitrogen and oxygen atoms in total. The number of ether oxygens (including phenoxy) is 1. The molecule has 1 amide bonds. The minimum atomic E-state index is -2.33. The molecular formula is C22H29N3Na2O5. The Bertz CT molecular complexity index is 947. The first-order chi connectivity index (χ1) is 13.9. The molecule has 0 saturated carbocycles. The van der Waals surface area contributed by atoms with E-state index in [1.165, 1.54) is 0 Å². The molecule has 0 aliphatic carbocycles. The number of carboxylic acid groups (broad SMARTS) is 2. The molecule has 1 aliphatic rings. The first-order valence-corrected chi connectivity index (χ1v) is 9.95. The Morgan fingerprint density at radius 1 is 1.19 bits per heavy atom. The van der Waals surface area contributed by atoms with Gasteiger partial charge in [-0.05, 0) is 70.8 Å². The van der Waals surface area contributed by atoms with Crippen LogP contribution >= 0.6 is 0 Å². The fraction of sp³-hybridized carbons (Fsp3) is 0.500. The fourth-order valence-electron chi connectivity index (χ4n) is 3.30. The number of aromatic nitrogens is 2. The summed E-state index contributed by atoms with van der Waals surface area (Å²) in [5.74, 6) is 0.415. The molecule has 0 N–H and O–H groups in total. The molecule has 1 atom stereocenters. The van der Waals surface area contributed by atoms with Gasteiger partial charge in [-0.25, -0.2) is 4.79 Å². The average molecular weight is 461 g/mol. The summed E-state index contributed by atoms with van der Waals surface area (Å²) in [6.07, 6.45) is 2.38. The molecule has 3 rings (SSSR count). The third-order valence-electron chi connectivity index (χ3n) is 4.49. The van der Waals surface area contributed by atoms with Crippen molar-refractivity contribution in [3.63, 3.8) is 0 Å². The van der Waals surface area contributed by atoms with Crippen LogP contribution in [0.2, 0.25) is 0 Å². The third-order valence-corrected chi connectivity index (χ3v) is 4.49. The van der Waals surface area contributed by atoms with Crippen LogP contribution in [0.3, 0.4) is 0 Å². The van der Waals surface area contributed by atoms with E-state index in [9.17, 15) is 4.79 Å². The van der Waals surface area contributed by atoms with Gasteiger partial charge < -0.3 is 19.7 Å². The second kappa shape index (κ2) is 13.0. The molecule has 0 unspecified atom stereocenters. The number of carbonyl (C=O) groups is 2. The zero-order valence-corrected chi connectivity index (χ0v) is 24.3. The van der Waals surface area contributed by atoms with Gasteiger partial charge in [-0.3, -0.25) is 9.58 Å².